The predicted molar refractivity (Wildman–Crippen MR) is 108 cm³/mol. The topological polar surface area (TPSA) is 71.0 Å². The van der Waals surface area contributed by atoms with Gasteiger partial charge in [-0.05, 0) is 43.5 Å². The van der Waals surface area contributed by atoms with Gasteiger partial charge in [-0.15, -0.1) is 5.10 Å². The number of rotatable bonds is 4. The van der Waals surface area contributed by atoms with Crippen LogP contribution in [0.1, 0.15) is 11.1 Å². The van der Waals surface area contributed by atoms with E-state index in [4.69, 9.17) is 5.73 Å². The van der Waals surface area contributed by atoms with Gasteiger partial charge in [0.05, 0.1) is 15.2 Å². The lowest BCUT2D eigenvalue weighted by molar-refractivity contribution is 0.468. The van der Waals surface area contributed by atoms with Gasteiger partial charge in [-0.2, -0.15) is 5.10 Å². The molecule has 3 N–H and O–H groups in total. The van der Waals surface area contributed by atoms with E-state index in [1.165, 1.54) is 23.5 Å². The van der Waals surface area contributed by atoms with Crippen LogP contribution >= 0.6 is 59.6 Å². The molecular weight excluding hydrogens is 510 g/mol. The molecule has 0 atom stereocenters. The van der Waals surface area contributed by atoms with E-state index in [0.29, 0.717) is 19.7 Å². The van der Waals surface area contributed by atoms with E-state index in [1.54, 1.807) is 6.07 Å². The summed E-state index contributed by atoms with van der Waals surface area (Å²) < 4.78 is 1.87. The summed E-state index contributed by atoms with van der Waals surface area (Å²) in [5, 5.41) is 18.2. The molecule has 2 rings (SSSR count). The van der Waals surface area contributed by atoms with E-state index in [1.807, 2.05) is 30.3 Å². The molecular formula is C15H12Br3N3OS. The molecule has 0 aliphatic carbocycles. The summed E-state index contributed by atoms with van der Waals surface area (Å²) >= 11 is 11.4. The SMILES string of the molecule is NC(=NN=Cc1c(Br)cc(Br)c(O)c1Br)SCc1ccccc1. The van der Waals surface area contributed by atoms with Crippen molar-refractivity contribution < 1.29 is 5.11 Å². The van der Waals surface area contributed by atoms with E-state index in [-0.39, 0.29) is 5.75 Å². The van der Waals surface area contributed by atoms with Crippen molar-refractivity contribution in [3.8, 4) is 5.75 Å². The largest absolute Gasteiger partial charge is 0.506 e. The predicted octanol–water partition coefficient (Wildman–Crippen LogP) is 5.26. The number of amidine groups is 1. The standard InChI is InChI=1S/C15H12Br3N3OS/c16-11-6-12(17)14(22)13(18)10(11)7-20-21-15(19)23-8-9-4-2-1-3-5-9/h1-7,22H,8H2,(H2,19,21). The fourth-order valence-electron chi connectivity index (χ4n) is 1.62. The Hall–Kier alpha value is -0.830. The van der Waals surface area contributed by atoms with Crippen LogP contribution in [0.3, 0.4) is 0 Å². The van der Waals surface area contributed by atoms with Crippen LogP contribution in [0.5, 0.6) is 5.75 Å². The van der Waals surface area contributed by atoms with Crippen LogP contribution in [0.2, 0.25) is 0 Å². The normalized spacial score (nSPS) is 12.0. The monoisotopic (exact) mass is 519 g/mol. The zero-order chi connectivity index (χ0) is 16.8. The fraction of sp³-hybridized carbons (Fsp3) is 0.0667. The summed E-state index contributed by atoms with van der Waals surface area (Å²) in [7, 11) is 0. The minimum absolute atomic E-state index is 0.102. The van der Waals surface area contributed by atoms with Crippen molar-refractivity contribution in [2.75, 3.05) is 0 Å². The molecule has 2 aromatic rings. The number of nitrogens with zero attached hydrogens (tertiary/aromatic N) is 2. The molecule has 0 fully saturated rings. The van der Waals surface area contributed by atoms with Crippen LogP contribution in [0.25, 0.3) is 0 Å². The number of nitrogens with two attached hydrogens (primary N) is 1. The molecule has 0 radical (unpaired) electrons. The van der Waals surface area contributed by atoms with Gasteiger partial charge in [-0.25, -0.2) is 0 Å². The molecule has 0 spiro atoms. The van der Waals surface area contributed by atoms with Crippen molar-refractivity contribution in [3.63, 3.8) is 0 Å². The maximum Gasteiger partial charge on any atom is 0.180 e. The van der Waals surface area contributed by atoms with Crippen LogP contribution in [-0.2, 0) is 5.75 Å². The fourth-order valence-corrected chi connectivity index (χ4v) is 4.55. The van der Waals surface area contributed by atoms with Gasteiger partial charge < -0.3 is 10.8 Å². The number of hydrogen-bond donors (Lipinski definition) is 2. The summed E-state index contributed by atoms with van der Waals surface area (Å²) in [6, 6.07) is 11.7. The average molecular weight is 522 g/mol. The third-order valence-electron chi connectivity index (χ3n) is 2.75. The average Bonchev–Trinajstić information content (AvgIpc) is 2.55. The lowest BCUT2D eigenvalue weighted by atomic mass is 10.2. The van der Waals surface area contributed by atoms with Gasteiger partial charge in [0.15, 0.2) is 5.17 Å². The number of aromatic hydroxyl groups is 1. The minimum Gasteiger partial charge on any atom is -0.506 e. The summed E-state index contributed by atoms with van der Waals surface area (Å²) in [6.07, 6.45) is 1.52. The molecule has 0 saturated carbocycles. The number of phenolic OH excluding ortho intramolecular Hbond substituents is 1. The van der Waals surface area contributed by atoms with E-state index in [9.17, 15) is 5.11 Å². The molecule has 0 heterocycles. The van der Waals surface area contributed by atoms with Crippen molar-refractivity contribution in [2.24, 2.45) is 15.9 Å². The first kappa shape index (κ1) is 18.5. The van der Waals surface area contributed by atoms with Crippen LogP contribution < -0.4 is 5.73 Å². The molecule has 0 aromatic heterocycles. The quantitative estimate of drug-likeness (QED) is 0.327. The maximum atomic E-state index is 9.89. The Kier molecular flexibility index (Phi) is 7.13. The molecule has 0 amide bonds. The number of halogens is 3. The molecule has 4 nitrogen and oxygen atoms in total. The molecule has 0 saturated heterocycles. The zero-order valence-electron chi connectivity index (χ0n) is 11.7. The Morgan fingerprint density at radius 2 is 1.87 bits per heavy atom. The Labute approximate surface area is 163 Å². The highest BCUT2D eigenvalue weighted by molar-refractivity contribution is 9.11. The van der Waals surface area contributed by atoms with Crippen molar-refractivity contribution in [1.29, 1.82) is 0 Å². The van der Waals surface area contributed by atoms with Gasteiger partial charge in [0.1, 0.15) is 5.75 Å². The van der Waals surface area contributed by atoms with E-state index < -0.39 is 0 Å². The number of thioether (sulfide) groups is 1. The van der Waals surface area contributed by atoms with Crippen molar-refractivity contribution in [2.45, 2.75) is 5.75 Å². The molecule has 23 heavy (non-hydrogen) atoms. The van der Waals surface area contributed by atoms with Crippen molar-refractivity contribution in [3.05, 3.63) is 60.9 Å². The first-order valence-corrected chi connectivity index (χ1v) is 9.75. The van der Waals surface area contributed by atoms with Crippen molar-refractivity contribution in [1.82, 2.24) is 0 Å². The third kappa shape index (κ3) is 5.34. The van der Waals surface area contributed by atoms with Gasteiger partial charge in [0.25, 0.3) is 0 Å². The highest BCUT2D eigenvalue weighted by atomic mass is 79.9. The van der Waals surface area contributed by atoms with Gasteiger partial charge in [0, 0.05) is 15.8 Å². The third-order valence-corrected chi connectivity index (χ3v) is 5.67. The molecule has 0 aliphatic heterocycles. The van der Waals surface area contributed by atoms with Gasteiger partial charge in [-0.1, -0.05) is 58.0 Å². The number of hydrogen-bond acceptors (Lipinski definition) is 4. The second-order valence-electron chi connectivity index (χ2n) is 4.37. The zero-order valence-corrected chi connectivity index (χ0v) is 17.3. The highest BCUT2D eigenvalue weighted by Gasteiger charge is 2.11. The first-order valence-electron chi connectivity index (χ1n) is 6.38. The van der Waals surface area contributed by atoms with Crippen molar-refractivity contribution >= 4 is 70.9 Å². The van der Waals surface area contributed by atoms with Crippen LogP contribution in [0, 0.1) is 0 Å². The molecule has 0 bridgehead atoms. The molecule has 120 valence electrons. The highest BCUT2D eigenvalue weighted by Crippen LogP contribution is 2.38. The van der Waals surface area contributed by atoms with Crippen LogP contribution in [-0.4, -0.2) is 16.5 Å². The maximum absolute atomic E-state index is 9.89. The Morgan fingerprint density at radius 3 is 2.57 bits per heavy atom. The van der Waals surface area contributed by atoms with Gasteiger partial charge >= 0.3 is 0 Å². The lowest BCUT2D eigenvalue weighted by Gasteiger charge is -2.06. The molecule has 0 aliphatic rings. The Balaban J connectivity index is 2.04. The molecule has 0 unspecified atom stereocenters. The van der Waals surface area contributed by atoms with Gasteiger partial charge in [-0.3, -0.25) is 0 Å². The second-order valence-corrected chi connectivity index (χ2v) is 7.87. The summed E-state index contributed by atoms with van der Waals surface area (Å²) in [6.45, 7) is 0. The minimum atomic E-state index is 0.102. The number of benzene rings is 2. The van der Waals surface area contributed by atoms with E-state index >= 15 is 0 Å². The van der Waals surface area contributed by atoms with Crippen LogP contribution in [0.4, 0.5) is 0 Å². The summed E-state index contributed by atoms with van der Waals surface area (Å²) in [5.74, 6) is 0.836. The second kappa shape index (κ2) is 8.86. The van der Waals surface area contributed by atoms with E-state index in [0.717, 1.165) is 10.2 Å². The Bertz CT molecular complexity index is 751. The smallest absolute Gasteiger partial charge is 0.180 e. The van der Waals surface area contributed by atoms with E-state index in [2.05, 4.69) is 58.0 Å². The van der Waals surface area contributed by atoms with Gasteiger partial charge in [0.2, 0.25) is 0 Å². The van der Waals surface area contributed by atoms with Crippen LogP contribution in [0.15, 0.2) is 60.0 Å². The molecule has 2 aromatic carbocycles. The Morgan fingerprint density at radius 1 is 1.17 bits per heavy atom. The number of phenols is 1. The lowest BCUT2D eigenvalue weighted by Crippen LogP contribution is -2.06. The summed E-state index contributed by atoms with van der Waals surface area (Å²) in [4.78, 5) is 0. The molecule has 8 heteroatoms. The first-order chi connectivity index (χ1) is 11.0. The summed E-state index contributed by atoms with van der Waals surface area (Å²) in [5.41, 5.74) is 7.68.